The van der Waals surface area contributed by atoms with Crippen LogP contribution >= 0.6 is 0 Å². The molecule has 1 unspecified atom stereocenters. The number of hydrogen-bond donors (Lipinski definition) is 0. The Labute approximate surface area is 146 Å². The zero-order valence-corrected chi connectivity index (χ0v) is 13.8. The van der Waals surface area contributed by atoms with Gasteiger partial charge in [0.2, 0.25) is 0 Å². The maximum Gasteiger partial charge on any atom is 0.367 e. The number of benzene rings is 1. The molecule has 0 aliphatic carbocycles. The predicted octanol–water partition coefficient (Wildman–Crippen LogP) is 2.52. The van der Waals surface area contributed by atoms with Crippen molar-refractivity contribution in [2.24, 2.45) is 0 Å². The molecule has 1 fully saturated rings. The second kappa shape index (κ2) is 6.17. The third-order valence-electron chi connectivity index (χ3n) is 3.91. The number of nitrogens with zero attached hydrogens (tertiary/aromatic N) is 3. The molecule has 1 aromatic heterocycles. The second-order valence-corrected chi connectivity index (χ2v) is 5.72. The molecule has 0 spiro atoms. The second-order valence-electron chi connectivity index (χ2n) is 5.72. The molecule has 1 aromatic carbocycles. The van der Waals surface area contributed by atoms with Gasteiger partial charge in [-0.3, -0.25) is 9.59 Å². The molecular weight excluding hydrogens is 348 g/mol. The van der Waals surface area contributed by atoms with E-state index in [0.29, 0.717) is 16.0 Å². The Balaban J connectivity index is 2.18. The Morgan fingerprint density at radius 3 is 2.35 bits per heavy atom. The van der Waals surface area contributed by atoms with Crippen molar-refractivity contribution in [2.45, 2.75) is 19.4 Å². The lowest BCUT2D eigenvalue weighted by Gasteiger charge is -2.29. The number of pyridine rings is 1. The van der Waals surface area contributed by atoms with E-state index in [0.717, 1.165) is 19.1 Å². The first-order chi connectivity index (χ1) is 12.2. The molecule has 3 rings (SSSR count). The summed E-state index contributed by atoms with van der Waals surface area (Å²) in [5.41, 5.74) is -2.16. The smallest absolute Gasteiger partial charge is 0.336 e. The highest BCUT2D eigenvalue weighted by molar-refractivity contribution is 6.22. The molecule has 3 amide bonds. The minimum absolute atomic E-state index is 0.0137. The summed E-state index contributed by atoms with van der Waals surface area (Å²) in [5, 5.41) is 0.501. The van der Waals surface area contributed by atoms with Crippen LogP contribution < -0.4 is 4.90 Å². The monoisotopic (exact) mass is 361 g/mol. The van der Waals surface area contributed by atoms with Gasteiger partial charge < -0.3 is 4.84 Å². The molecule has 9 heteroatoms. The molecule has 0 radical (unpaired) electrons. The van der Waals surface area contributed by atoms with Crippen LogP contribution in [0, 0.1) is 11.6 Å². The van der Waals surface area contributed by atoms with E-state index in [-0.39, 0.29) is 11.4 Å². The van der Waals surface area contributed by atoms with Crippen molar-refractivity contribution in [3.63, 3.8) is 0 Å². The van der Waals surface area contributed by atoms with Gasteiger partial charge in [0, 0.05) is 19.2 Å². The number of anilines is 1. The Morgan fingerprint density at radius 1 is 1.15 bits per heavy atom. The third kappa shape index (κ3) is 2.67. The molecule has 1 aliphatic heterocycles. The lowest BCUT2D eigenvalue weighted by molar-refractivity contribution is -0.190. The lowest BCUT2D eigenvalue weighted by atomic mass is 9.91. The summed E-state index contributed by atoms with van der Waals surface area (Å²) in [6, 6.07) is 5.95. The molecule has 134 valence electrons. The molecule has 0 N–H and O–H groups in total. The SMILES string of the molecule is CC(=O)ON1C(=O)N(c2ccccn2)C(=O)C1(C)c1cc(F)cc(F)c1. The number of carbonyl (C=O) groups excluding carboxylic acids is 3. The summed E-state index contributed by atoms with van der Waals surface area (Å²) in [5.74, 6) is -3.65. The van der Waals surface area contributed by atoms with Gasteiger partial charge in [-0.05, 0) is 36.8 Å². The highest BCUT2D eigenvalue weighted by Crippen LogP contribution is 2.39. The Morgan fingerprint density at radius 2 is 1.81 bits per heavy atom. The summed E-state index contributed by atoms with van der Waals surface area (Å²) < 4.78 is 27.4. The average Bonchev–Trinajstić information content (AvgIpc) is 2.76. The first-order valence-corrected chi connectivity index (χ1v) is 7.50. The molecule has 1 aliphatic rings. The highest BCUT2D eigenvalue weighted by atomic mass is 19.1. The van der Waals surface area contributed by atoms with Crippen molar-refractivity contribution in [3.8, 4) is 0 Å². The van der Waals surface area contributed by atoms with Crippen molar-refractivity contribution in [1.29, 1.82) is 0 Å². The van der Waals surface area contributed by atoms with E-state index in [1.807, 2.05) is 0 Å². The van der Waals surface area contributed by atoms with Gasteiger partial charge in [-0.15, -0.1) is 5.06 Å². The van der Waals surface area contributed by atoms with Gasteiger partial charge in [-0.1, -0.05) is 6.07 Å². The van der Waals surface area contributed by atoms with E-state index < -0.39 is 35.1 Å². The van der Waals surface area contributed by atoms with Crippen molar-refractivity contribution in [2.75, 3.05) is 4.90 Å². The van der Waals surface area contributed by atoms with Gasteiger partial charge in [-0.25, -0.2) is 23.5 Å². The van der Waals surface area contributed by atoms with Crippen LogP contribution in [-0.2, 0) is 20.0 Å². The lowest BCUT2D eigenvalue weighted by Crippen LogP contribution is -2.45. The Kier molecular flexibility index (Phi) is 4.15. The summed E-state index contributed by atoms with van der Waals surface area (Å²) in [6.07, 6.45) is 1.36. The predicted molar refractivity (Wildman–Crippen MR) is 84.4 cm³/mol. The highest BCUT2D eigenvalue weighted by Gasteiger charge is 2.59. The van der Waals surface area contributed by atoms with Gasteiger partial charge in [0.25, 0.3) is 5.91 Å². The number of amides is 3. The molecular formula is C17H13F2N3O4. The van der Waals surface area contributed by atoms with Gasteiger partial charge in [-0.2, -0.15) is 0 Å². The summed E-state index contributed by atoms with van der Waals surface area (Å²) >= 11 is 0. The van der Waals surface area contributed by atoms with Gasteiger partial charge in [0.05, 0.1) is 0 Å². The zero-order chi connectivity index (χ0) is 19.1. The minimum Gasteiger partial charge on any atom is -0.336 e. The van der Waals surface area contributed by atoms with E-state index in [1.54, 1.807) is 12.1 Å². The number of urea groups is 1. The third-order valence-corrected chi connectivity index (χ3v) is 3.91. The van der Waals surface area contributed by atoms with Gasteiger partial charge in [0.15, 0.2) is 5.54 Å². The average molecular weight is 361 g/mol. The molecule has 2 heterocycles. The first-order valence-electron chi connectivity index (χ1n) is 7.50. The molecule has 1 atom stereocenters. The van der Waals surface area contributed by atoms with Crippen LogP contribution in [0.15, 0.2) is 42.6 Å². The largest absolute Gasteiger partial charge is 0.367 e. The van der Waals surface area contributed by atoms with E-state index >= 15 is 0 Å². The Hall–Kier alpha value is -3.36. The van der Waals surface area contributed by atoms with Gasteiger partial charge in [0.1, 0.15) is 17.5 Å². The van der Waals surface area contributed by atoms with Crippen LogP contribution in [0.1, 0.15) is 19.4 Å². The number of halogens is 2. The molecule has 0 saturated carbocycles. The van der Waals surface area contributed by atoms with E-state index in [9.17, 15) is 23.2 Å². The molecule has 26 heavy (non-hydrogen) atoms. The maximum atomic E-state index is 13.7. The van der Waals surface area contributed by atoms with Crippen LogP contribution in [0.5, 0.6) is 0 Å². The van der Waals surface area contributed by atoms with E-state index in [1.165, 1.54) is 19.2 Å². The van der Waals surface area contributed by atoms with E-state index in [4.69, 9.17) is 4.84 Å². The van der Waals surface area contributed by atoms with Crippen LogP contribution in [-0.4, -0.2) is 28.0 Å². The number of aromatic nitrogens is 1. The molecule has 0 bridgehead atoms. The topological polar surface area (TPSA) is 79.8 Å². The normalized spacial score (nSPS) is 19.8. The first kappa shape index (κ1) is 17.5. The molecule has 2 aromatic rings. The summed E-state index contributed by atoms with van der Waals surface area (Å²) in [7, 11) is 0. The fourth-order valence-corrected chi connectivity index (χ4v) is 2.70. The molecule has 1 saturated heterocycles. The quantitative estimate of drug-likeness (QED) is 0.785. The van der Waals surface area contributed by atoms with Crippen LogP contribution in [0.2, 0.25) is 0 Å². The standard InChI is InChI=1S/C17H13F2N3O4/c1-10(23)26-22-16(25)21(14-5-3-4-6-20-14)15(24)17(22,2)11-7-12(18)9-13(19)8-11/h3-9H,1-2H3. The van der Waals surface area contributed by atoms with Gasteiger partial charge >= 0.3 is 12.0 Å². The number of rotatable bonds is 3. The number of hydrogen-bond acceptors (Lipinski definition) is 5. The number of carbonyl (C=O) groups is 3. The Bertz CT molecular complexity index is 886. The number of hydroxylamine groups is 2. The van der Waals surface area contributed by atoms with Crippen LogP contribution in [0.25, 0.3) is 0 Å². The minimum atomic E-state index is -1.97. The van der Waals surface area contributed by atoms with E-state index in [2.05, 4.69) is 4.98 Å². The van der Waals surface area contributed by atoms with Crippen molar-refractivity contribution in [3.05, 3.63) is 59.8 Å². The fourth-order valence-electron chi connectivity index (χ4n) is 2.70. The van der Waals surface area contributed by atoms with Crippen molar-refractivity contribution in [1.82, 2.24) is 10.0 Å². The van der Waals surface area contributed by atoms with Crippen LogP contribution in [0.3, 0.4) is 0 Å². The van der Waals surface area contributed by atoms with Crippen molar-refractivity contribution >= 4 is 23.7 Å². The zero-order valence-electron chi connectivity index (χ0n) is 13.8. The summed E-state index contributed by atoms with van der Waals surface area (Å²) in [6.45, 7) is 2.26. The van der Waals surface area contributed by atoms with Crippen LogP contribution in [0.4, 0.5) is 19.4 Å². The van der Waals surface area contributed by atoms with Crippen molar-refractivity contribution < 1.29 is 28.0 Å². The number of imide groups is 1. The fraction of sp³-hybridized carbons (Fsp3) is 0.176. The summed E-state index contributed by atoms with van der Waals surface area (Å²) in [4.78, 5) is 46.7. The maximum absolute atomic E-state index is 13.7. The molecule has 7 nitrogen and oxygen atoms in total.